The maximum absolute atomic E-state index is 12.1. The Hall–Kier alpha value is -2.57. The van der Waals surface area contributed by atoms with Crippen molar-refractivity contribution in [1.29, 1.82) is 0 Å². The van der Waals surface area contributed by atoms with E-state index in [1.165, 1.54) is 10.9 Å². The molecule has 0 radical (unpaired) electrons. The molecule has 118 valence electrons. The molecule has 0 saturated carbocycles. The zero-order valence-corrected chi connectivity index (χ0v) is 12.4. The van der Waals surface area contributed by atoms with Crippen molar-refractivity contribution >= 4 is 11.9 Å². The van der Waals surface area contributed by atoms with Gasteiger partial charge in [0.2, 0.25) is 0 Å². The van der Waals surface area contributed by atoms with Gasteiger partial charge in [0.25, 0.3) is 5.91 Å². The third-order valence-electron chi connectivity index (χ3n) is 3.23. The van der Waals surface area contributed by atoms with E-state index >= 15 is 0 Å². The highest BCUT2D eigenvalue weighted by Gasteiger charge is 2.12. The monoisotopic (exact) mass is 305 g/mol. The van der Waals surface area contributed by atoms with Gasteiger partial charge in [0.05, 0.1) is 31.0 Å². The van der Waals surface area contributed by atoms with E-state index in [1.807, 2.05) is 19.1 Å². The van der Waals surface area contributed by atoms with Crippen LogP contribution in [0.25, 0.3) is 0 Å². The average Bonchev–Trinajstić information content (AvgIpc) is 3.14. The number of aromatic nitrogens is 2. The molecule has 7 nitrogen and oxygen atoms in total. The van der Waals surface area contributed by atoms with Gasteiger partial charge in [-0.1, -0.05) is 0 Å². The Morgan fingerprint density at radius 1 is 1.50 bits per heavy atom. The predicted octanol–water partition coefficient (Wildman–Crippen LogP) is 1.70. The van der Waals surface area contributed by atoms with Crippen molar-refractivity contribution in [3.05, 3.63) is 42.1 Å². The summed E-state index contributed by atoms with van der Waals surface area (Å²) in [5, 5.41) is 15.5. The number of amides is 1. The minimum absolute atomic E-state index is 0.0000282. The second-order valence-corrected chi connectivity index (χ2v) is 5.13. The summed E-state index contributed by atoms with van der Waals surface area (Å²) in [6.07, 6.45) is 6.12. The molecule has 7 heteroatoms. The first-order valence-corrected chi connectivity index (χ1v) is 7.12. The highest BCUT2D eigenvalue weighted by molar-refractivity contribution is 5.93. The molecule has 1 unspecified atom stereocenters. The molecule has 2 aromatic rings. The molecular formula is C15H19N3O4. The van der Waals surface area contributed by atoms with Crippen LogP contribution < -0.4 is 5.32 Å². The number of carboxylic acids is 1. The molecule has 0 bridgehead atoms. The van der Waals surface area contributed by atoms with E-state index < -0.39 is 5.97 Å². The Kier molecular flexibility index (Phi) is 5.35. The predicted molar refractivity (Wildman–Crippen MR) is 78.4 cm³/mol. The molecule has 1 amide bonds. The lowest BCUT2D eigenvalue weighted by Crippen LogP contribution is -2.32. The summed E-state index contributed by atoms with van der Waals surface area (Å²) < 4.78 is 6.70. The number of carbonyl (C=O) groups excluding carboxylic acids is 1. The highest BCUT2D eigenvalue weighted by Crippen LogP contribution is 2.07. The molecule has 2 aromatic heterocycles. The molecule has 2 N–H and O–H groups in total. The molecule has 2 heterocycles. The Morgan fingerprint density at radius 2 is 2.32 bits per heavy atom. The maximum atomic E-state index is 12.1. The van der Waals surface area contributed by atoms with Crippen LogP contribution in [0.5, 0.6) is 0 Å². The van der Waals surface area contributed by atoms with Gasteiger partial charge < -0.3 is 14.8 Å². The van der Waals surface area contributed by atoms with Crippen molar-refractivity contribution in [1.82, 2.24) is 15.1 Å². The number of furan rings is 1. The summed E-state index contributed by atoms with van der Waals surface area (Å²) in [7, 11) is 0. The van der Waals surface area contributed by atoms with Crippen LogP contribution in [-0.4, -0.2) is 32.8 Å². The number of hydrogen-bond donors (Lipinski definition) is 2. The quantitative estimate of drug-likeness (QED) is 0.773. The van der Waals surface area contributed by atoms with Crippen LogP contribution in [0, 0.1) is 0 Å². The summed E-state index contributed by atoms with van der Waals surface area (Å²) in [6.45, 7) is 2.17. The van der Waals surface area contributed by atoms with E-state index in [2.05, 4.69) is 10.4 Å². The Balaban J connectivity index is 1.79. The molecule has 2 rings (SSSR count). The first-order valence-electron chi connectivity index (χ1n) is 7.12. The zero-order valence-electron chi connectivity index (χ0n) is 12.4. The van der Waals surface area contributed by atoms with Gasteiger partial charge in [-0.25, -0.2) is 0 Å². The van der Waals surface area contributed by atoms with Gasteiger partial charge in [-0.15, -0.1) is 0 Å². The second-order valence-electron chi connectivity index (χ2n) is 5.13. The molecule has 0 saturated heterocycles. The fourth-order valence-corrected chi connectivity index (χ4v) is 2.01. The summed E-state index contributed by atoms with van der Waals surface area (Å²) in [5.74, 6) is -0.218. The van der Waals surface area contributed by atoms with Crippen molar-refractivity contribution in [3.8, 4) is 0 Å². The summed E-state index contributed by atoms with van der Waals surface area (Å²) >= 11 is 0. The number of aryl methyl sites for hydroxylation is 2. The number of nitrogens with one attached hydrogen (secondary N) is 1. The first kappa shape index (κ1) is 15.8. The van der Waals surface area contributed by atoms with Crippen molar-refractivity contribution in [2.24, 2.45) is 0 Å². The smallest absolute Gasteiger partial charge is 0.305 e. The summed E-state index contributed by atoms with van der Waals surface area (Å²) in [6, 6.07) is 3.74. The summed E-state index contributed by atoms with van der Waals surface area (Å²) in [5.41, 5.74) is 0.426. The average molecular weight is 305 g/mol. The fraction of sp³-hybridized carbons (Fsp3) is 0.400. The fourth-order valence-electron chi connectivity index (χ4n) is 2.01. The van der Waals surface area contributed by atoms with E-state index in [1.54, 1.807) is 12.5 Å². The van der Waals surface area contributed by atoms with Crippen LogP contribution in [0.2, 0.25) is 0 Å². The van der Waals surface area contributed by atoms with Crippen LogP contribution in [0.15, 0.2) is 35.2 Å². The van der Waals surface area contributed by atoms with Crippen molar-refractivity contribution in [2.45, 2.75) is 38.8 Å². The van der Waals surface area contributed by atoms with Crippen LogP contribution in [0.1, 0.15) is 35.9 Å². The van der Waals surface area contributed by atoms with Gasteiger partial charge >= 0.3 is 5.97 Å². The van der Waals surface area contributed by atoms with Crippen LogP contribution in [-0.2, 0) is 17.8 Å². The van der Waals surface area contributed by atoms with E-state index in [0.717, 1.165) is 18.6 Å². The molecule has 1 atom stereocenters. The van der Waals surface area contributed by atoms with E-state index in [4.69, 9.17) is 9.52 Å². The Bertz CT molecular complexity index is 619. The number of hydrogen-bond acceptors (Lipinski definition) is 4. The number of nitrogens with zero attached hydrogens (tertiary/aromatic N) is 2. The van der Waals surface area contributed by atoms with Gasteiger partial charge in [0, 0.05) is 18.7 Å². The highest BCUT2D eigenvalue weighted by atomic mass is 16.4. The normalized spacial score (nSPS) is 12.0. The third kappa shape index (κ3) is 4.76. The summed E-state index contributed by atoms with van der Waals surface area (Å²) in [4.78, 5) is 22.6. The molecule has 0 fully saturated rings. The first-order chi connectivity index (χ1) is 10.5. The van der Waals surface area contributed by atoms with Crippen molar-refractivity contribution < 1.29 is 19.1 Å². The van der Waals surface area contributed by atoms with Crippen LogP contribution in [0.4, 0.5) is 0 Å². The lowest BCUT2D eigenvalue weighted by molar-refractivity contribution is -0.137. The SMILES string of the molecule is CC(CCc1ccco1)NC(=O)c1cnn(CCC(=O)O)c1. The lowest BCUT2D eigenvalue weighted by atomic mass is 10.1. The van der Waals surface area contributed by atoms with Gasteiger partial charge in [0.1, 0.15) is 5.76 Å². The number of aliphatic carboxylic acids is 1. The maximum Gasteiger partial charge on any atom is 0.305 e. The lowest BCUT2D eigenvalue weighted by Gasteiger charge is -2.12. The van der Waals surface area contributed by atoms with E-state index in [0.29, 0.717) is 5.56 Å². The van der Waals surface area contributed by atoms with Crippen molar-refractivity contribution in [3.63, 3.8) is 0 Å². The van der Waals surface area contributed by atoms with Gasteiger partial charge in [-0.2, -0.15) is 5.10 Å². The minimum Gasteiger partial charge on any atom is -0.481 e. The molecule has 0 aliphatic rings. The molecule has 0 aromatic carbocycles. The molecule has 0 spiro atoms. The van der Waals surface area contributed by atoms with Crippen molar-refractivity contribution in [2.75, 3.05) is 0 Å². The molecule has 22 heavy (non-hydrogen) atoms. The number of carboxylic acid groups (broad SMARTS) is 1. The van der Waals surface area contributed by atoms with E-state index in [9.17, 15) is 9.59 Å². The van der Waals surface area contributed by atoms with Gasteiger partial charge in [0.15, 0.2) is 0 Å². The third-order valence-corrected chi connectivity index (χ3v) is 3.23. The topological polar surface area (TPSA) is 97.4 Å². The molecular weight excluding hydrogens is 286 g/mol. The number of rotatable bonds is 8. The van der Waals surface area contributed by atoms with Crippen LogP contribution >= 0.6 is 0 Å². The van der Waals surface area contributed by atoms with Gasteiger partial charge in [-0.05, 0) is 25.5 Å². The number of carbonyl (C=O) groups is 2. The minimum atomic E-state index is -0.895. The Morgan fingerprint density at radius 3 is 3.00 bits per heavy atom. The molecule has 0 aliphatic carbocycles. The molecule has 0 aliphatic heterocycles. The van der Waals surface area contributed by atoms with Crippen LogP contribution in [0.3, 0.4) is 0 Å². The Labute approximate surface area is 127 Å². The standard InChI is InChI=1S/C15H19N3O4/c1-11(4-5-13-3-2-8-22-13)17-15(21)12-9-16-18(10-12)7-6-14(19)20/h2-3,8-11H,4-7H2,1H3,(H,17,21)(H,19,20). The van der Waals surface area contributed by atoms with E-state index in [-0.39, 0.29) is 24.9 Å². The largest absolute Gasteiger partial charge is 0.481 e. The second kappa shape index (κ2) is 7.44. The zero-order chi connectivity index (χ0) is 15.9. The van der Waals surface area contributed by atoms with Gasteiger partial charge in [-0.3, -0.25) is 14.3 Å².